The number of aryl methyl sites for hydroxylation is 1. The summed E-state index contributed by atoms with van der Waals surface area (Å²) in [6.45, 7) is 2.92. The standard InChI is InChI=1S/C21H21FN2O4S/c1-14-23-17(13-29-14)12-28-18-6-3-15(4-7-18)21(25)24-16-5-8-20(19(22)11-16)27-10-9-26-2/h3-8,11,13H,9-10,12H2,1-2H3,(H,24,25). The SMILES string of the molecule is COCCOc1ccc(NC(=O)c2ccc(OCc3csc(C)n3)cc2)cc1F. The molecule has 0 aliphatic carbocycles. The highest BCUT2D eigenvalue weighted by molar-refractivity contribution is 7.09. The first kappa shape index (κ1) is 20.8. The van der Waals surface area contributed by atoms with Crippen LogP contribution in [0.2, 0.25) is 0 Å². The van der Waals surface area contributed by atoms with Crippen LogP contribution in [0, 0.1) is 12.7 Å². The van der Waals surface area contributed by atoms with Crippen molar-refractivity contribution in [2.24, 2.45) is 0 Å². The van der Waals surface area contributed by atoms with E-state index in [2.05, 4.69) is 10.3 Å². The average Bonchev–Trinajstić information content (AvgIpc) is 3.14. The van der Waals surface area contributed by atoms with Gasteiger partial charge in [-0.05, 0) is 43.3 Å². The second kappa shape index (κ2) is 9.99. The molecule has 0 unspecified atom stereocenters. The van der Waals surface area contributed by atoms with E-state index >= 15 is 0 Å². The molecule has 0 saturated heterocycles. The van der Waals surface area contributed by atoms with Crippen LogP contribution in [0.25, 0.3) is 0 Å². The van der Waals surface area contributed by atoms with Gasteiger partial charge in [0.15, 0.2) is 11.6 Å². The van der Waals surface area contributed by atoms with E-state index in [1.807, 2.05) is 12.3 Å². The molecule has 6 nitrogen and oxygen atoms in total. The molecule has 152 valence electrons. The molecule has 29 heavy (non-hydrogen) atoms. The second-order valence-corrected chi connectivity index (χ2v) is 7.17. The van der Waals surface area contributed by atoms with Crippen LogP contribution < -0.4 is 14.8 Å². The second-order valence-electron chi connectivity index (χ2n) is 6.11. The minimum absolute atomic E-state index is 0.108. The molecule has 1 N–H and O–H groups in total. The fourth-order valence-electron chi connectivity index (χ4n) is 2.47. The van der Waals surface area contributed by atoms with Crippen molar-refractivity contribution in [1.82, 2.24) is 4.98 Å². The first-order chi connectivity index (χ1) is 14.0. The van der Waals surface area contributed by atoms with Crippen LogP contribution in [-0.4, -0.2) is 31.2 Å². The number of carbonyl (C=O) groups is 1. The van der Waals surface area contributed by atoms with Gasteiger partial charge in [-0.1, -0.05) is 0 Å². The molecule has 0 spiro atoms. The smallest absolute Gasteiger partial charge is 0.255 e. The first-order valence-electron chi connectivity index (χ1n) is 8.91. The van der Waals surface area contributed by atoms with Gasteiger partial charge in [-0.3, -0.25) is 4.79 Å². The van der Waals surface area contributed by atoms with Crippen molar-refractivity contribution in [3.05, 3.63) is 69.9 Å². The van der Waals surface area contributed by atoms with E-state index in [1.165, 1.54) is 12.1 Å². The van der Waals surface area contributed by atoms with Gasteiger partial charge < -0.3 is 19.5 Å². The summed E-state index contributed by atoms with van der Waals surface area (Å²) in [5.41, 5.74) is 1.64. The number of hydrogen-bond donors (Lipinski definition) is 1. The van der Waals surface area contributed by atoms with Crippen molar-refractivity contribution in [2.45, 2.75) is 13.5 Å². The Morgan fingerprint density at radius 3 is 2.59 bits per heavy atom. The van der Waals surface area contributed by atoms with Gasteiger partial charge in [0.05, 0.1) is 17.3 Å². The number of carbonyl (C=O) groups excluding carboxylic acids is 1. The number of aromatic nitrogens is 1. The summed E-state index contributed by atoms with van der Waals surface area (Å²) in [7, 11) is 1.54. The fourth-order valence-corrected chi connectivity index (χ4v) is 3.07. The van der Waals surface area contributed by atoms with Crippen LogP contribution in [0.15, 0.2) is 47.8 Å². The number of benzene rings is 2. The number of halogens is 1. The van der Waals surface area contributed by atoms with E-state index in [0.29, 0.717) is 30.2 Å². The molecule has 1 aromatic heterocycles. The summed E-state index contributed by atoms with van der Waals surface area (Å²) in [4.78, 5) is 16.7. The molecule has 0 aliphatic heterocycles. The lowest BCUT2D eigenvalue weighted by Crippen LogP contribution is -2.12. The van der Waals surface area contributed by atoms with E-state index in [4.69, 9.17) is 14.2 Å². The topological polar surface area (TPSA) is 69.7 Å². The minimum Gasteiger partial charge on any atom is -0.488 e. The molecular formula is C21H21FN2O4S. The Morgan fingerprint density at radius 2 is 1.93 bits per heavy atom. The fraction of sp³-hybridized carbons (Fsp3) is 0.238. The maximum absolute atomic E-state index is 14.1. The first-order valence-corrected chi connectivity index (χ1v) is 9.79. The van der Waals surface area contributed by atoms with E-state index < -0.39 is 5.82 Å². The molecule has 0 atom stereocenters. The van der Waals surface area contributed by atoms with Crippen LogP contribution in [0.5, 0.6) is 11.5 Å². The average molecular weight is 416 g/mol. The number of thiazole rings is 1. The van der Waals surface area contributed by atoms with Crippen molar-refractivity contribution in [3.63, 3.8) is 0 Å². The highest BCUT2D eigenvalue weighted by Gasteiger charge is 2.10. The Morgan fingerprint density at radius 1 is 1.14 bits per heavy atom. The summed E-state index contributed by atoms with van der Waals surface area (Å²) >= 11 is 1.57. The molecule has 3 aromatic rings. The normalized spacial score (nSPS) is 10.6. The van der Waals surface area contributed by atoms with Gasteiger partial charge in [0.2, 0.25) is 0 Å². The summed E-state index contributed by atoms with van der Waals surface area (Å²) in [6.07, 6.45) is 0. The lowest BCUT2D eigenvalue weighted by atomic mass is 10.2. The number of nitrogens with zero attached hydrogens (tertiary/aromatic N) is 1. The van der Waals surface area contributed by atoms with Gasteiger partial charge in [0.1, 0.15) is 19.0 Å². The van der Waals surface area contributed by atoms with Gasteiger partial charge in [-0.15, -0.1) is 11.3 Å². The van der Waals surface area contributed by atoms with Crippen molar-refractivity contribution in [1.29, 1.82) is 0 Å². The summed E-state index contributed by atoms with van der Waals surface area (Å²) in [6, 6.07) is 11.0. The Labute approximate surface area is 172 Å². The Kier molecular flexibility index (Phi) is 7.15. The number of ether oxygens (including phenoxy) is 3. The van der Waals surface area contributed by atoms with E-state index in [9.17, 15) is 9.18 Å². The van der Waals surface area contributed by atoms with Crippen LogP contribution >= 0.6 is 11.3 Å². The van der Waals surface area contributed by atoms with Crippen LogP contribution in [0.4, 0.5) is 10.1 Å². The zero-order valence-electron chi connectivity index (χ0n) is 16.1. The molecule has 1 heterocycles. The lowest BCUT2D eigenvalue weighted by molar-refractivity contribution is 0.102. The molecular weight excluding hydrogens is 395 g/mol. The monoisotopic (exact) mass is 416 g/mol. The van der Waals surface area contributed by atoms with Gasteiger partial charge in [0, 0.05) is 29.8 Å². The molecule has 0 saturated carbocycles. The molecule has 3 rings (SSSR count). The van der Waals surface area contributed by atoms with Gasteiger partial charge >= 0.3 is 0 Å². The summed E-state index contributed by atoms with van der Waals surface area (Å²) in [5, 5.41) is 5.60. The zero-order chi connectivity index (χ0) is 20.6. The third kappa shape index (κ3) is 6.00. The maximum Gasteiger partial charge on any atom is 0.255 e. The van der Waals surface area contributed by atoms with Crippen molar-refractivity contribution in [3.8, 4) is 11.5 Å². The molecule has 2 aromatic carbocycles. The number of anilines is 1. The Balaban J connectivity index is 1.55. The highest BCUT2D eigenvalue weighted by Crippen LogP contribution is 2.22. The molecule has 8 heteroatoms. The van der Waals surface area contributed by atoms with Crippen LogP contribution in [-0.2, 0) is 11.3 Å². The largest absolute Gasteiger partial charge is 0.488 e. The number of methoxy groups -OCH3 is 1. The van der Waals surface area contributed by atoms with Gasteiger partial charge in [-0.2, -0.15) is 0 Å². The molecule has 0 aliphatic rings. The highest BCUT2D eigenvalue weighted by atomic mass is 32.1. The van der Waals surface area contributed by atoms with Crippen molar-refractivity contribution < 1.29 is 23.4 Å². The molecule has 0 bridgehead atoms. The van der Waals surface area contributed by atoms with Crippen molar-refractivity contribution in [2.75, 3.05) is 25.6 Å². The molecule has 0 fully saturated rings. The van der Waals surface area contributed by atoms with E-state index in [0.717, 1.165) is 10.7 Å². The lowest BCUT2D eigenvalue weighted by Gasteiger charge is -2.10. The van der Waals surface area contributed by atoms with Crippen molar-refractivity contribution >= 4 is 22.9 Å². The predicted molar refractivity (Wildman–Crippen MR) is 109 cm³/mol. The third-order valence-electron chi connectivity index (χ3n) is 3.90. The number of hydrogen-bond acceptors (Lipinski definition) is 6. The summed E-state index contributed by atoms with van der Waals surface area (Å²) < 4.78 is 29.9. The van der Waals surface area contributed by atoms with Gasteiger partial charge in [0.25, 0.3) is 5.91 Å². The Bertz CT molecular complexity index is 960. The molecule has 0 radical (unpaired) electrons. The van der Waals surface area contributed by atoms with E-state index in [-0.39, 0.29) is 18.3 Å². The molecule has 1 amide bonds. The van der Waals surface area contributed by atoms with E-state index in [1.54, 1.807) is 48.8 Å². The predicted octanol–water partition coefficient (Wildman–Crippen LogP) is 4.45. The van der Waals surface area contributed by atoms with Crippen LogP contribution in [0.1, 0.15) is 21.1 Å². The number of rotatable bonds is 9. The quantitative estimate of drug-likeness (QED) is 0.522. The Hall–Kier alpha value is -2.97. The zero-order valence-corrected chi connectivity index (χ0v) is 16.9. The maximum atomic E-state index is 14.1. The summed E-state index contributed by atoms with van der Waals surface area (Å²) in [5.74, 6) is -0.160. The van der Waals surface area contributed by atoms with Crippen LogP contribution in [0.3, 0.4) is 0 Å². The van der Waals surface area contributed by atoms with Gasteiger partial charge in [-0.25, -0.2) is 9.37 Å². The minimum atomic E-state index is -0.556. The number of nitrogens with one attached hydrogen (secondary N) is 1. The number of amides is 1. The third-order valence-corrected chi connectivity index (χ3v) is 4.73.